The Hall–Kier alpha value is -4.13. The number of benzene rings is 3. The molecule has 32 heavy (non-hydrogen) atoms. The summed E-state index contributed by atoms with van der Waals surface area (Å²) in [5.41, 5.74) is 4.37. The van der Waals surface area contributed by atoms with Gasteiger partial charge in [-0.2, -0.15) is 0 Å². The van der Waals surface area contributed by atoms with Crippen molar-refractivity contribution >= 4 is 40.5 Å². The molecular formula is C25H26N4O3. The zero-order valence-electron chi connectivity index (χ0n) is 18.1. The van der Waals surface area contributed by atoms with Crippen LogP contribution >= 0.6 is 0 Å². The van der Waals surface area contributed by atoms with Crippen molar-refractivity contribution < 1.29 is 14.4 Å². The van der Waals surface area contributed by atoms with E-state index < -0.39 is 0 Å². The van der Waals surface area contributed by atoms with Gasteiger partial charge in [0.1, 0.15) is 0 Å². The predicted octanol–water partition coefficient (Wildman–Crippen LogP) is 4.65. The molecule has 3 aromatic carbocycles. The number of hydrogen-bond donors (Lipinski definition) is 4. The number of hydrogen-bond acceptors (Lipinski definition) is 4. The predicted molar refractivity (Wildman–Crippen MR) is 128 cm³/mol. The van der Waals surface area contributed by atoms with Crippen LogP contribution in [0.15, 0.2) is 72.8 Å². The summed E-state index contributed by atoms with van der Waals surface area (Å²) in [6.07, 6.45) is 0.407. The normalized spacial score (nSPS) is 10.2. The van der Waals surface area contributed by atoms with Crippen LogP contribution in [-0.4, -0.2) is 24.3 Å². The molecule has 0 heterocycles. The second-order valence-corrected chi connectivity index (χ2v) is 7.28. The zero-order chi connectivity index (χ0) is 22.9. The van der Waals surface area contributed by atoms with Gasteiger partial charge in [0.15, 0.2) is 0 Å². The average Bonchev–Trinajstić information content (AvgIpc) is 2.80. The Kier molecular flexibility index (Phi) is 7.59. The summed E-state index contributed by atoms with van der Waals surface area (Å²) in [5.74, 6) is -0.437. The second kappa shape index (κ2) is 10.8. The summed E-state index contributed by atoms with van der Waals surface area (Å²) in [6, 6.07) is 21.5. The summed E-state index contributed by atoms with van der Waals surface area (Å²) in [4.78, 5) is 35.9. The lowest BCUT2D eigenvalue weighted by molar-refractivity contribution is -0.116. The molecule has 0 fully saturated rings. The van der Waals surface area contributed by atoms with E-state index in [1.165, 1.54) is 0 Å². The van der Waals surface area contributed by atoms with Crippen LogP contribution in [0.3, 0.4) is 0 Å². The van der Waals surface area contributed by atoms with E-state index in [4.69, 9.17) is 0 Å². The maximum Gasteiger partial charge on any atom is 0.255 e. The number of anilines is 4. The highest BCUT2D eigenvalue weighted by Gasteiger charge is 2.07. The van der Waals surface area contributed by atoms with Crippen molar-refractivity contribution in [3.8, 4) is 0 Å². The molecule has 0 unspecified atom stereocenters. The van der Waals surface area contributed by atoms with Crippen LogP contribution in [0.1, 0.15) is 29.3 Å². The molecule has 3 rings (SSSR count). The third-order valence-corrected chi connectivity index (χ3v) is 4.65. The van der Waals surface area contributed by atoms with Gasteiger partial charge in [0.05, 0.1) is 6.54 Å². The van der Waals surface area contributed by atoms with Gasteiger partial charge in [-0.25, -0.2) is 0 Å². The number of aryl methyl sites for hydroxylation is 1. The van der Waals surface area contributed by atoms with Crippen molar-refractivity contribution in [2.75, 3.05) is 27.8 Å². The zero-order valence-corrected chi connectivity index (χ0v) is 18.1. The van der Waals surface area contributed by atoms with Crippen LogP contribution in [-0.2, 0) is 9.59 Å². The lowest BCUT2D eigenvalue weighted by Crippen LogP contribution is -2.21. The lowest BCUT2D eigenvalue weighted by atomic mass is 10.1. The Morgan fingerprint density at radius 1 is 0.688 bits per heavy atom. The van der Waals surface area contributed by atoms with Crippen molar-refractivity contribution in [2.45, 2.75) is 20.3 Å². The van der Waals surface area contributed by atoms with E-state index in [9.17, 15) is 14.4 Å². The molecule has 0 aromatic heterocycles. The molecular weight excluding hydrogens is 404 g/mol. The minimum absolute atomic E-state index is 0.0632. The Morgan fingerprint density at radius 2 is 1.22 bits per heavy atom. The van der Waals surface area contributed by atoms with Crippen LogP contribution in [0.5, 0.6) is 0 Å². The van der Waals surface area contributed by atoms with Crippen molar-refractivity contribution in [3.05, 3.63) is 83.9 Å². The molecule has 3 aromatic rings. The Balaban J connectivity index is 1.47. The molecule has 0 radical (unpaired) electrons. The Labute approximate surface area is 187 Å². The number of nitrogens with one attached hydrogen (secondary N) is 4. The van der Waals surface area contributed by atoms with Gasteiger partial charge >= 0.3 is 0 Å². The summed E-state index contributed by atoms with van der Waals surface area (Å²) < 4.78 is 0. The van der Waals surface area contributed by atoms with Gasteiger partial charge < -0.3 is 21.3 Å². The van der Waals surface area contributed by atoms with Crippen LogP contribution in [0.4, 0.5) is 22.7 Å². The lowest BCUT2D eigenvalue weighted by Gasteiger charge is -2.10. The molecule has 0 saturated carbocycles. The van der Waals surface area contributed by atoms with Crippen LogP contribution in [0, 0.1) is 6.92 Å². The van der Waals surface area contributed by atoms with E-state index in [0.29, 0.717) is 29.0 Å². The second-order valence-electron chi connectivity index (χ2n) is 7.28. The Morgan fingerprint density at radius 3 is 1.78 bits per heavy atom. The third-order valence-electron chi connectivity index (χ3n) is 4.65. The maximum atomic E-state index is 12.3. The third kappa shape index (κ3) is 6.70. The van der Waals surface area contributed by atoms with Crippen LogP contribution < -0.4 is 21.3 Å². The molecule has 0 aliphatic heterocycles. The van der Waals surface area contributed by atoms with E-state index in [1.54, 1.807) is 61.5 Å². The summed E-state index contributed by atoms with van der Waals surface area (Å²) in [5, 5.41) is 11.5. The van der Waals surface area contributed by atoms with Gasteiger partial charge in [-0.15, -0.1) is 0 Å². The number of amides is 3. The van der Waals surface area contributed by atoms with Crippen LogP contribution in [0.25, 0.3) is 0 Å². The van der Waals surface area contributed by atoms with E-state index in [2.05, 4.69) is 21.3 Å². The highest BCUT2D eigenvalue weighted by atomic mass is 16.2. The largest absolute Gasteiger partial charge is 0.376 e. The fourth-order valence-corrected chi connectivity index (χ4v) is 2.93. The first-order valence-corrected chi connectivity index (χ1v) is 10.3. The van der Waals surface area contributed by atoms with Crippen molar-refractivity contribution in [2.24, 2.45) is 0 Å². The molecule has 4 N–H and O–H groups in total. The topological polar surface area (TPSA) is 99.3 Å². The fraction of sp³-hybridized carbons (Fsp3) is 0.160. The summed E-state index contributed by atoms with van der Waals surface area (Å²) in [7, 11) is 0. The standard InChI is InChI=1S/C25H26N4O3/c1-3-23(30)27-20-11-13-21(14-12-20)28-24(31)16-26-19-7-9-22(10-8-19)29-25(32)18-6-4-5-17(2)15-18/h4-15,26H,3,16H2,1-2H3,(H,27,30)(H,28,31)(H,29,32). The van der Waals surface area contributed by atoms with Crippen molar-refractivity contribution in [3.63, 3.8) is 0 Å². The van der Waals surface area contributed by atoms with E-state index in [0.717, 1.165) is 11.3 Å². The van der Waals surface area contributed by atoms with Gasteiger partial charge in [-0.3, -0.25) is 14.4 Å². The summed E-state index contributed by atoms with van der Waals surface area (Å²) in [6.45, 7) is 3.81. The molecule has 0 aliphatic carbocycles. The van der Waals surface area contributed by atoms with E-state index in [1.807, 2.05) is 25.1 Å². The highest BCUT2D eigenvalue weighted by Crippen LogP contribution is 2.16. The van der Waals surface area contributed by atoms with E-state index >= 15 is 0 Å². The highest BCUT2D eigenvalue weighted by molar-refractivity contribution is 6.04. The molecule has 7 heteroatoms. The smallest absolute Gasteiger partial charge is 0.255 e. The number of carbonyl (C=O) groups is 3. The molecule has 0 bridgehead atoms. The number of carbonyl (C=O) groups excluding carboxylic acids is 3. The van der Waals surface area contributed by atoms with Gasteiger partial charge in [-0.1, -0.05) is 24.6 Å². The molecule has 0 aliphatic rings. The molecule has 0 atom stereocenters. The van der Waals surface area contributed by atoms with Crippen LogP contribution in [0.2, 0.25) is 0 Å². The minimum Gasteiger partial charge on any atom is -0.376 e. The molecule has 7 nitrogen and oxygen atoms in total. The SMILES string of the molecule is CCC(=O)Nc1ccc(NC(=O)CNc2ccc(NC(=O)c3cccc(C)c3)cc2)cc1. The van der Waals surface area contributed by atoms with E-state index in [-0.39, 0.29) is 24.3 Å². The minimum atomic E-state index is -0.202. The Bertz CT molecular complexity index is 1090. The van der Waals surface area contributed by atoms with Gasteiger partial charge in [-0.05, 0) is 67.6 Å². The monoisotopic (exact) mass is 430 g/mol. The fourth-order valence-electron chi connectivity index (χ4n) is 2.93. The van der Waals surface area contributed by atoms with Crippen molar-refractivity contribution in [1.29, 1.82) is 0 Å². The molecule has 0 spiro atoms. The quantitative estimate of drug-likeness (QED) is 0.418. The van der Waals surface area contributed by atoms with Crippen molar-refractivity contribution in [1.82, 2.24) is 0 Å². The average molecular weight is 431 g/mol. The summed E-state index contributed by atoms with van der Waals surface area (Å²) >= 11 is 0. The number of rotatable bonds is 8. The van der Waals surface area contributed by atoms with Gasteiger partial charge in [0.2, 0.25) is 11.8 Å². The molecule has 164 valence electrons. The molecule has 0 saturated heterocycles. The maximum absolute atomic E-state index is 12.3. The van der Waals surface area contributed by atoms with Gasteiger partial charge in [0, 0.05) is 34.7 Å². The first-order chi connectivity index (χ1) is 15.4. The van der Waals surface area contributed by atoms with Gasteiger partial charge in [0.25, 0.3) is 5.91 Å². The molecule has 3 amide bonds. The first-order valence-electron chi connectivity index (χ1n) is 10.3. The first kappa shape index (κ1) is 22.6.